The van der Waals surface area contributed by atoms with E-state index in [1.54, 1.807) is 0 Å². The Morgan fingerprint density at radius 1 is 0.318 bits per heavy atom. The Kier molecular flexibility index (Phi) is 10.0. The highest BCUT2D eigenvalue weighted by atomic mass is 15.1. The van der Waals surface area contributed by atoms with Crippen molar-refractivity contribution in [1.29, 1.82) is 0 Å². The first-order chi connectivity index (χ1) is 31.2. The third-order valence-corrected chi connectivity index (χ3v) is 13.4. The minimum absolute atomic E-state index is 0.00292. The third-order valence-electron chi connectivity index (χ3n) is 13.4. The molecule has 5 heteroatoms. The summed E-state index contributed by atoms with van der Waals surface area (Å²) in [5, 5.41) is 4.97. The van der Waals surface area contributed by atoms with Crippen molar-refractivity contribution in [1.82, 2.24) is 24.1 Å². The summed E-state index contributed by atoms with van der Waals surface area (Å²) in [6.07, 6.45) is 0. The highest BCUT2D eigenvalue weighted by Crippen LogP contribution is 2.43. The molecule has 0 bridgehead atoms. The van der Waals surface area contributed by atoms with Gasteiger partial charge in [0, 0.05) is 43.9 Å². The second kappa shape index (κ2) is 15.4. The van der Waals surface area contributed by atoms with E-state index in [-0.39, 0.29) is 21.7 Å². The molecule has 0 saturated carbocycles. The monoisotopic (exact) mass is 863 g/mol. The van der Waals surface area contributed by atoms with Crippen LogP contribution in [0.3, 0.4) is 0 Å². The summed E-state index contributed by atoms with van der Waals surface area (Å²) in [4.78, 5) is 15.8. The number of aromatic nitrogens is 5. The molecule has 3 aromatic heterocycles. The van der Waals surface area contributed by atoms with Gasteiger partial charge in [-0.2, -0.15) is 0 Å². The quantitative estimate of drug-likeness (QED) is 0.173. The fourth-order valence-electron chi connectivity index (χ4n) is 9.41. The Morgan fingerprint density at radius 3 is 1.00 bits per heavy atom. The van der Waals surface area contributed by atoms with E-state index in [0.717, 1.165) is 39.1 Å². The summed E-state index contributed by atoms with van der Waals surface area (Å²) in [5.41, 5.74) is 14.6. The van der Waals surface area contributed by atoms with Crippen molar-refractivity contribution in [3.63, 3.8) is 0 Å². The molecule has 0 aliphatic carbocycles. The van der Waals surface area contributed by atoms with Crippen LogP contribution in [0.25, 0.3) is 89.2 Å². The van der Waals surface area contributed by atoms with Gasteiger partial charge in [0.15, 0.2) is 17.5 Å². The molecular formula is C61H61N5. The van der Waals surface area contributed by atoms with Crippen LogP contribution in [0.2, 0.25) is 0 Å². The van der Waals surface area contributed by atoms with Crippen LogP contribution >= 0.6 is 0 Å². The molecule has 5 nitrogen and oxygen atoms in total. The number of hydrogen-bond acceptors (Lipinski definition) is 3. The van der Waals surface area contributed by atoms with Crippen molar-refractivity contribution in [2.75, 3.05) is 0 Å². The fraction of sp³-hybridized carbons (Fsp3) is 0.262. The zero-order valence-electron chi connectivity index (χ0n) is 40.7. The van der Waals surface area contributed by atoms with E-state index >= 15 is 0 Å². The SMILES string of the molecule is CC(C)(C)c1ccc2c(c1)c1cc(C(C)(C)C)ccc1n2-c1ccc(-c2nc(-c3ccccc3)nc(-c3ccccc3)n2)c(-n2c3ccc(C(C)(C)C)cc3c3cc(C(C)(C)C)ccc32)c1. The molecule has 10 rings (SSSR count). The summed E-state index contributed by atoms with van der Waals surface area (Å²) >= 11 is 0. The van der Waals surface area contributed by atoms with E-state index in [1.165, 1.54) is 54.8 Å². The standard InChI is InChI=1S/C61H61N5/c1-58(2,3)40-23-29-50-46(33-40)47-34-41(59(4,5)6)24-30-51(47)65(50)44-27-28-45(57-63-55(38-19-15-13-16-20-38)62-56(64-57)39-21-17-14-18-22-39)54(37-44)66-52-31-25-42(60(7,8)9)35-48(52)49-36-43(61(10,11)12)26-32-53(49)66/h13-37H,1-12H3. The number of nitrogens with zero attached hydrogens (tertiary/aromatic N) is 5. The van der Waals surface area contributed by atoms with E-state index in [1.807, 2.05) is 36.4 Å². The maximum absolute atomic E-state index is 5.34. The van der Waals surface area contributed by atoms with Crippen molar-refractivity contribution in [3.8, 4) is 45.5 Å². The molecule has 3 heterocycles. The first-order valence-corrected chi connectivity index (χ1v) is 23.4. The van der Waals surface area contributed by atoms with Gasteiger partial charge in [-0.05, 0) is 111 Å². The number of hydrogen-bond donors (Lipinski definition) is 0. The van der Waals surface area contributed by atoms with Gasteiger partial charge in [-0.1, -0.05) is 168 Å². The lowest BCUT2D eigenvalue weighted by Crippen LogP contribution is -2.10. The average Bonchev–Trinajstić information content (AvgIpc) is 3.79. The molecule has 0 unspecified atom stereocenters. The molecule has 10 aromatic rings. The van der Waals surface area contributed by atoms with Crippen LogP contribution in [0.5, 0.6) is 0 Å². The predicted octanol–water partition coefficient (Wildman–Crippen LogP) is 16.3. The average molecular weight is 864 g/mol. The van der Waals surface area contributed by atoms with Gasteiger partial charge in [0.25, 0.3) is 0 Å². The molecule has 0 atom stereocenters. The van der Waals surface area contributed by atoms with Crippen molar-refractivity contribution >= 4 is 43.6 Å². The smallest absolute Gasteiger partial charge is 0.166 e. The molecule has 0 N–H and O–H groups in total. The summed E-state index contributed by atoms with van der Waals surface area (Å²) in [6.45, 7) is 27.6. The minimum Gasteiger partial charge on any atom is -0.309 e. The van der Waals surface area contributed by atoms with Crippen molar-refractivity contribution < 1.29 is 0 Å². The molecule has 0 aliphatic rings. The minimum atomic E-state index is -0.0296. The van der Waals surface area contributed by atoms with Crippen LogP contribution in [0.4, 0.5) is 0 Å². The number of rotatable bonds is 5. The Morgan fingerprint density at radius 2 is 0.652 bits per heavy atom. The van der Waals surface area contributed by atoms with Crippen LogP contribution in [0.1, 0.15) is 105 Å². The maximum Gasteiger partial charge on any atom is 0.166 e. The van der Waals surface area contributed by atoms with Crippen molar-refractivity contribution in [2.24, 2.45) is 0 Å². The molecule has 0 radical (unpaired) electrons. The van der Waals surface area contributed by atoms with Gasteiger partial charge >= 0.3 is 0 Å². The Bertz CT molecular complexity index is 3290. The van der Waals surface area contributed by atoms with E-state index in [2.05, 4.69) is 207 Å². The molecule has 0 saturated heterocycles. The van der Waals surface area contributed by atoms with Crippen LogP contribution in [-0.4, -0.2) is 24.1 Å². The second-order valence-electron chi connectivity index (χ2n) is 22.3. The molecule has 0 spiro atoms. The zero-order chi connectivity index (χ0) is 46.5. The summed E-state index contributed by atoms with van der Waals surface area (Å²) < 4.78 is 4.91. The topological polar surface area (TPSA) is 48.5 Å². The molecular weight excluding hydrogens is 803 g/mol. The third kappa shape index (κ3) is 7.58. The molecule has 0 fully saturated rings. The van der Waals surface area contributed by atoms with Crippen LogP contribution < -0.4 is 0 Å². The summed E-state index contributed by atoms with van der Waals surface area (Å²) in [6, 6.07) is 55.6. The molecule has 0 aliphatic heterocycles. The zero-order valence-corrected chi connectivity index (χ0v) is 40.7. The summed E-state index contributed by atoms with van der Waals surface area (Å²) in [7, 11) is 0. The van der Waals surface area contributed by atoms with Gasteiger partial charge in [0.05, 0.1) is 27.8 Å². The fourth-order valence-corrected chi connectivity index (χ4v) is 9.41. The molecule has 7 aromatic carbocycles. The van der Waals surface area contributed by atoms with Gasteiger partial charge < -0.3 is 9.13 Å². The van der Waals surface area contributed by atoms with E-state index in [9.17, 15) is 0 Å². The highest BCUT2D eigenvalue weighted by molar-refractivity contribution is 6.12. The Balaban J connectivity index is 1.33. The van der Waals surface area contributed by atoms with E-state index in [0.29, 0.717) is 17.5 Å². The second-order valence-corrected chi connectivity index (χ2v) is 22.3. The lowest BCUT2D eigenvalue weighted by molar-refractivity contribution is 0.590. The van der Waals surface area contributed by atoms with Crippen LogP contribution in [0, 0.1) is 0 Å². The van der Waals surface area contributed by atoms with Crippen LogP contribution in [-0.2, 0) is 21.7 Å². The number of benzene rings is 7. The Labute approximate surface area is 390 Å². The largest absolute Gasteiger partial charge is 0.309 e. The summed E-state index contributed by atoms with van der Waals surface area (Å²) in [5.74, 6) is 1.88. The molecule has 330 valence electrons. The maximum atomic E-state index is 5.34. The van der Waals surface area contributed by atoms with Gasteiger partial charge in [0.2, 0.25) is 0 Å². The van der Waals surface area contributed by atoms with Gasteiger partial charge in [-0.25, -0.2) is 15.0 Å². The lowest BCUT2D eigenvalue weighted by Gasteiger charge is -2.20. The van der Waals surface area contributed by atoms with Gasteiger partial charge in [-0.3, -0.25) is 0 Å². The first-order valence-electron chi connectivity index (χ1n) is 23.4. The normalized spacial score (nSPS) is 12.8. The Hall–Kier alpha value is -6.85. The van der Waals surface area contributed by atoms with Crippen molar-refractivity contribution in [2.45, 2.75) is 105 Å². The predicted molar refractivity (Wildman–Crippen MR) is 280 cm³/mol. The van der Waals surface area contributed by atoms with Crippen molar-refractivity contribution in [3.05, 3.63) is 174 Å². The highest BCUT2D eigenvalue weighted by Gasteiger charge is 2.26. The number of fused-ring (bicyclic) bond motifs is 6. The first kappa shape index (κ1) is 43.1. The molecule has 0 amide bonds. The van der Waals surface area contributed by atoms with Gasteiger partial charge in [-0.15, -0.1) is 0 Å². The lowest BCUT2D eigenvalue weighted by atomic mass is 9.85. The van der Waals surface area contributed by atoms with Gasteiger partial charge in [0.1, 0.15) is 0 Å². The molecule has 66 heavy (non-hydrogen) atoms. The van der Waals surface area contributed by atoms with E-state index < -0.39 is 0 Å². The van der Waals surface area contributed by atoms with Crippen LogP contribution in [0.15, 0.2) is 152 Å². The van der Waals surface area contributed by atoms with E-state index in [4.69, 9.17) is 15.0 Å².